The van der Waals surface area contributed by atoms with Gasteiger partial charge in [0.1, 0.15) is 17.1 Å². The van der Waals surface area contributed by atoms with E-state index in [-0.39, 0.29) is 10.6 Å². The highest BCUT2D eigenvalue weighted by Crippen LogP contribution is 2.32. The number of para-hydroxylation sites is 2. The number of hydrogen-bond acceptors (Lipinski definition) is 6. The van der Waals surface area contributed by atoms with Crippen molar-refractivity contribution in [1.29, 1.82) is 5.41 Å². The van der Waals surface area contributed by atoms with E-state index in [2.05, 4.69) is 4.99 Å². The van der Waals surface area contributed by atoms with E-state index in [9.17, 15) is 21.6 Å². The lowest BCUT2D eigenvalue weighted by molar-refractivity contribution is -0.0605. The van der Waals surface area contributed by atoms with Crippen molar-refractivity contribution in [2.45, 2.75) is 17.5 Å². The summed E-state index contributed by atoms with van der Waals surface area (Å²) < 4.78 is 68.2. The molecule has 168 valence electrons. The maximum atomic E-state index is 13.1. The van der Waals surface area contributed by atoms with E-state index < -0.39 is 28.1 Å². The lowest BCUT2D eigenvalue weighted by atomic mass is 10.1. The van der Waals surface area contributed by atoms with Crippen LogP contribution >= 0.6 is 11.3 Å². The van der Waals surface area contributed by atoms with Crippen LogP contribution in [0.4, 0.5) is 18.9 Å². The van der Waals surface area contributed by atoms with Gasteiger partial charge in [0.2, 0.25) is 0 Å². The maximum absolute atomic E-state index is 13.1. The number of nitrogens with one attached hydrogen (secondary N) is 1. The molecule has 3 rings (SSSR count). The van der Waals surface area contributed by atoms with E-state index >= 15 is 0 Å². The standard InChI is InChI=1S/C22H19F3N2O3S2/c1-30-19-9-4-3-8-17(19)27-18(12-21(26)22(23,24)25)20-11-15(13-31-20)14-6-5-7-16(10-14)32(2,28)29/h3-11,13,26H,12H2,1-2H3. The molecule has 1 heterocycles. The number of hydrogen-bond donors (Lipinski definition) is 1. The number of halogens is 3. The van der Waals surface area contributed by atoms with Gasteiger partial charge in [0.15, 0.2) is 9.84 Å². The Morgan fingerprint density at radius 2 is 1.81 bits per heavy atom. The molecule has 0 aliphatic rings. The minimum absolute atomic E-state index is 0.0624. The summed E-state index contributed by atoms with van der Waals surface area (Å²) in [4.78, 5) is 4.96. The SMILES string of the molecule is COc1ccccc1N=C(CC(=N)C(F)(F)F)c1cc(-c2cccc(S(C)(=O)=O)c2)cs1. The molecule has 0 radical (unpaired) electrons. The van der Waals surface area contributed by atoms with Gasteiger partial charge < -0.3 is 10.1 Å². The third-order valence-corrected chi connectivity index (χ3v) is 6.60. The minimum atomic E-state index is -4.77. The van der Waals surface area contributed by atoms with Crippen molar-refractivity contribution in [2.24, 2.45) is 4.99 Å². The fourth-order valence-electron chi connectivity index (χ4n) is 2.86. The molecule has 0 bridgehead atoms. The molecular formula is C22H19F3N2O3S2. The summed E-state index contributed by atoms with van der Waals surface area (Å²) in [6.07, 6.45) is -4.39. The molecule has 0 atom stereocenters. The van der Waals surface area contributed by atoms with E-state index in [0.717, 1.165) is 6.26 Å². The second kappa shape index (κ2) is 9.25. The van der Waals surface area contributed by atoms with Crippen LogP contribution in [0.2, 0.25) is 0 Å². The van der Waals surface area contributed by atoms with Gasteiger partial charge in [-0.1, -0.05) is 24.3 Å². The van der Waals surface area contributed by atoms with Crippen LogP contribution in [0.15, 0.2) is 69.9 Å². The summed E-state index contributed by atoms with van der Waals surface area (Å²) in [6.45, 7) is 0. The van der Waals surface area contributed by atoms with Gasteiger partial charge in [0.05, 0.1) is 17.7 Å². The van der Waals surface area contributed by atoms with E-state index in [1.807, 2.05) is 0 Å². The van der Waals surface area contributed by atoms with E-state index in [4.69, 9.17) is 10.1 Å². The normalized spacial score (nSPS) is 12.6. The molecule has 0 aliphatic heterocycles. The van der Waals surface area contributed by atoms with Crippen LogP contribution in [0.25, 0.3) is 11.1 Å². The summed E-state index contributed by atoms with van der Waals surface area (Å²) in [5.41, 5.74) is 0.237. The number of thiophene rings is 1. The molecule has 32 heavy (non-hydrogen) atoms. The van der Waals surface area contributed by atoms with Crippen molar-refractivity contribution >= 4 is 38.3 Å². The summed E-state index contributed by atoms with van der Waals surface area (Å²) in [6, 6.07) is 14.6. The van der Waals surface area contributed by atoms with Crippen LogP contribution in [0, 0.1) is 5.41 Å². The lowest BCUT2D eigenvalue weighted by Crippen LogP contribution is -2.24. The number of sulfone groups is 1. The molecule has 0 unspecified atom stereocenters. The molecule has 5 nitrogen and oxygen atoms in total. The molecule has 1 N–H and O–H groups in total. The van der Waals surface area contributed by atoms with Crippen molar-refractivity contribution in [2.75, 3.05) is 13.4 Å². The Bertz CT molecular complexity index is 1280. The Morgan fingerprint density at radius 3 is 2.47 bits per heavy atom. The number of benzene rings is 2. The first-order chi connectivity index (χ1) is 15.0. The van der Waals surface area contributed by atoms with Crippen LogP contribution in [0.1, 0.15) is 11.3 Å². The van der Waals surface area contributed by atoms with Gasteiger partial charge in [-0.05, 0) is 46.8 Å². The molecule has 0 aliphatic carbocycles. The Labute approximate surface area is 187 Å². The topological polar surface area (TPSA) is 79.6 Å². The smallest absolute Gasteiger partial charge is 0.429 e. The van der Waals surface area contributed by atoms with Crippen molar-refractivity contribution < 1.29 is 26.3 Å². The zero-order valence-electron chi connectivity index (χ0n) is 17.1. The van der Waals surface area contributed by atoms with E-state index in [1.54, 1.807) is 47.8 Å². The number of alkyl halides is 3. The first kappa shape index (κ1) is 23.7. The predicted octanol–water partition coefficient (Wildman–Crippen LogP) is 5.92. The summed E-state index contributed by atoms with van der Waals surface area (Å²) >= 11 is 1.17. The summed E-state index contributed by atoms with van der Waals surface area (Å²) in [5.74, 6) is 0.390. The van der Waals surface area contributed by atoms with Gasteiger partial charge in [0, 0.05) is 17.6 Å². The fraction of sp³-hybridized carbons (Fsp3) is 0.182. The molecule has 1 aromatic heterocycles. The van der Waals surface area contributed by atoms with Crippen molar-refractivity contribution in [3.8, 4) is 16.9 Å². The van der Waals surface area contributed by atoms with Gasteiger partial charge in [-0.25, -0.2) is 13.4 Å². The van der Waals surface area contributed by atoms with E-state index in [0.29, 0.717) is 27.4 Å². The average Bonchev–Trinajstić information content (AvgIpc) is 3.22. The Kier molecular flexibility index (Phi) is 6.85. The van der Waals surface area contributed by atoms with Gasteiger partial charge in [0.25, 0.3) is 0 Å². The maximum Gasteiger partial charge on any atom is 0.429 e. The lowest BCUT2D eigenvalue weighted by Gasteiger charge is -2.11. The highest BCUT2D eigenvalue weighted by molar-refractivity contribution is 7.90. The average molecular weight is 481 g/mol. The van der Waals surface area contributed by atoms with Crippen LogP contribution in [-0.2, 0) is 9.84 Å². The van der Waals surface area contributed by atoms with Gasteiger partial charge in [-0.2, -0.15) is 13.2 Å². The number of nitrogens with zero attached hydrogens (tertiary/aromatic N) is 1. The first-order valence-electron chi connectivity index (χ1n) is 9.23. The molecular weight excluding hydrogens is 461 g/mol. The third-order valence-electron chi connectivity index (χ3n) is 4.51. The van der Waals surface area contributed by atoms with Crippen molar-refractivity contribution in [3.63, 3.8) is 0 Å². The molecule has 2 aromatic carbocycles. The second-order valence-corrected chi connectivity index (χ2v) is 9.81. The Balaban J connectivity index is 2.06. The Morgan fingerprint density at radius 1 is 1.09 bits per heavy atom. The number of ether oxygens (including phenoxy) is 1. The first-order valence-corrected chi connectivity index (χ1v) is 12.0. The zero-order valence-corrected chi connectivity index (χ0v) is 18.7. The fourth-order valence-corrected chi connectivity index (χ4v) is 4.44. The van der Waals surface area contributed by atoms with Crippen LogP contribution in [-0.4, -0.2) is 39.4 Å². The van der Waals surface area contributed by atoms with E-state index in [1.165, 1.54) is 30.6 Å². The summed E-state index contributed by atoms with van der Waals surface area (Å²) in [7, 11) is -1.98. The van der Waals surface area contributed by atoms with Crippen LogP contribution in [0.5, 0.6) is 5.75 Å². The molecule has 3 aromatic rings. The third kappa shape index (κ3) is 5.63. The zero-order chi connectivity index (χ0) is 23.5. The highest BCUT2D eigenvalue weighted by Gasteiger charge is 2.35. The van der Waals surface area contributed by atoms with Gasteiger partial charge >= 0.3 is 6.18 Å². The number of methoxy groups -OCH3 is 1. The van der Waals surface area contributed by atoms with Gasteiger partial charge in [-0.3, -0.25) is 0 Å². The highest BCUT2D eigenvalue weighted by atomic mass is 32.2. The van der Waals surface area contributed by atoms with Crippen LogP contribution < -0.4 is 4.74 Å². The molecule has 0 saturated carbocycles. The number of aliphatic imine (C=N–C) groups is 1. The molecule has 0 amide bonds. The second-order valence-electron chi connectivity index (χ2n) is 6.88. The van der Waals surface area contributed by atoms with Crippen LogP contribution in [0.3, 0.4) is 0 Å². The summed E-state index contributed by atoms with van der Waals surface area (Å²) in [5, 5.41) is 9.17. The quantitative estimate of drug-likeness (QED) is 0.426. The molecule has 0 saturated heterocycles. The largest absolute Gasteiger partial charge is 0.494 e. The molecule has 0 spiro atoms. The number of rotatable bonds is 7. The predicted molar refractivity (Wildman–Crippen MR) is 120 cm³/mol. The minimum Gasteiger partial charge on any atom is -0.494 e. The van der Waals surface area contributed by atoms with Crippen molar-refractivity contribution in [1.82, 2.24) is 0 Å². The Hall–Kier alpha value is -2.98. The molecule has 0 fully saturated rings. The monoisotopic (exact) mass is 480 g/mol. The van der Waals surface area contributed by atoms with Gasteiger partial charge in [-0.15, -0.1) is 11.3 Å². The van der Waals surface area contributed by atoms with Crippen molar-refractivity contribution in [3.05, 3.63) is 64.9 Å². The molecule has 10 heteroatoms.